The third-order valence-electron chi connectivity index (χ3n) is 8.81. The number of hydrogen-bond acceptors (Lipinski definition) is 4. The zero-order valence-electron chi connectivity index (χ0n) is 28.5. The van der Waals surface area contributed by atoms with Crippen LogP contribution in [0, 0.1) is 0 Å². The number of rotatable bonds is 12. The molecule has 0 aliphatic heterocycles. The Kier molecular flexibility index (Phi) is 10.4. The summed E-state index contributed by atoms with van der Waals surface area (Å²) >= 11 is 0. The highest BCUT2D eigenvalue weighted by molar-refractivity contribution is 5.93. The lowest BCUT2D eigenvalue weighted by atomic mass is 9.97. The fourth-order valence-corrected chi connectivity index (χ4v) is 6.20. The van der Waals surface area contributed by atoms with Gasteiger partial charge in [-0.2, -0.15) is 0 Å². The highest BCUT2D eigenvalue weighted by Gasteiger charge is 2.13. The Morgan fingerprint density at radius 3 is 0.827 bits per heavy atom. The van der Waals surface area contributed by atoms with Crippen molar-refractivity contribution < 1.29 is 9.59 Å². The lowest BCUT2D eigenvalue weighted by Crippen LogP contribution is -2.09. The first kappa shape index (κ1) is 33.5. The molecule has 0 bridgehead atoms. The monoisotopic (exact) mass is 672 g/mol. The molecule has 0 heterocycles. The molecule has 0 saturated heterocycles. The zero-order valence-corrected chi connectivity index (χ0v) is 28.5. The van der Waals surface area contributed by atoms with Crippen LogP contribution in [-0.2, 0) is 0 Å². The smallest absolute Gasteiger partial charge is 0.150 e. The Balaban J connectivity index is 1.10. The van der Waals surface area contributed by atoms with E-state index in [9.17, 15) is 9.59 Å². The van der Waals surface area contributed by atoms with E-state index in [-0.39, 0.29) is 0 Å². The van der Waals surface area contributed by atoms with Crippen molar-refractivity contribution in [1.82, 2.24) is 0 Å². The van der Waals surface area contributed by atoms with Crippen molar-refractivity contribution in [3.8, 4) is 0 Å². The summed E-state index contributed by atoms with van der Waals surface area (Å²) in [5.41, 5.74) is 10.7. The lowest BCUT2D eigenvalue weighted by molar-refractivity contribution is 0.111. The van der Waals surface area contributed by atoms with Gasteiger partial charge in [0, 0.05) is 45.3 Å². The van der Waals surface area contributed by atoms with E-state index in [1.807, 2.05) is 121 Å². The van der Waals surface area contributed by atoms with Crippen molar-refractivity contribution in [2.24, 2.45) is 0 Å². The summed E-state index contributed by atoms with van der Waals surface area (Å²) in [5.74, 6) is 0. The first-order valence-corrected chi connectivity index (χ1v) is 17.2. The van der Waals surface area contributed by atoms with Gasteiger partial charge in [0.1, 0.15) is 0 Å². The van der Waals surface area contributed by atoms with Gasteiger partial charge in [-0.1, -0.05) is 121 Å². The summed E-state index contributed by atoms with van der Waals surface area (Å²) in [6.45, 7) is 0. The highest BCUT2D eigenvalue weighted by Crippen LogP contribution is 2.36. The van der Waals surface area contributed by atoms with Crippen LogP contribution in [0.5, 0.6) is 0 Å². The van der Waals surface area contributed by atoms with Crippen LogP contribution in [0.1, 0.15) is 43.0 Å². The third-order valence-corrected chi connectivity index (χ3v) is 8.81. The van der Waals surface area contributed by atoms with E-state index < -0.39 is 0 Å². The molecular weight excluding hydrogens is 637 g/mol. The molecule has 0 unspecified atom stereocenters. The van der Waals surface area contributed by atoms with Crippen LogP contribution in [0.2, 0.25) is 0 Å². The molecule has 52 heavy (non-hydrogen) atoms. The second-order valence-corrected chi connectivity index (χ2v) is 12.2. The lowest BCUT2D eigenvalue weighted by Gasteiger charge is -2.25. The van der Waals surface area contributed by atoms with Gasteiger partial charge < -0.3 is 9.80 Å². The van der Waals surface area contributed by atoms with Crippen LogP contribution in [0.4, 0.5) is 34.1 Å². The van der Waals surface area contributed by atoms with Crippen molar-refractivity contribution in [1.29, 1.82) is 0 Å². The Morgan fingerprint density at radius 2 is 0.558 bits per heavy atom. The quantitative estimate of drug-likeness (QED) is 0.0957. The van der Waals surface area contributed by atoms with Crippen molar-refractivity contribution in [2.45, 2.75) is 0 Å². The Bertz CT molecular complexity index is 2050. The number of para-hydroxylation sites is 4. The Labute approximate surface area is 304 Å². The molecule has 4 nitrogen and oxygen atoms in total. The topological polar surface area (TPSA) is 40.6 Å². The third kappa shape index (κ3) is 7.72. The van der Waals surface area contributed by atoms with Gasteiger partial charge in [-0.15, -0.1) is 0 Å². The molecule has 7 aromatic carbocycles. The second-order valence-electron chi connectivity index (χ2n) is 12.2. The van der Waals surface area contributed by atoms with E-state index in [4.69, 9.17) is 0 Å². The van der Waals surface area contributed by atoms with Gasteiger partial charge in [0.15, 0.2) is 12.6 Å². The average molecular weight is 673 g/mol. The average Bonchev–Trinajstić information content (AvgIpc) is 3.22. The van der Waals surface area contributed by atoms with Crippen LogP contribution < -0.4 is 9.80 Å². The van der Waals surface area contributed by atoms with Crippen molar-refractivity contribution in [2.75, 3.05) is 9.80 Å². The number of benzene rings is 7. The standard InChI is InChI=1S/C48H36N2O2/c51-35-41-34-40(28-22-38-25-31-48(32-26-38)50(45-17-9-3-10-18-45)46-19-11-4-12-20-46)42(36-52)33-39(41)27-21-37-23-29-47(30-24-37)49(43-13-5-1-6-14-43)44-15-7-2-8-16-44/h1-36H/b27-21+,28-22+. The van der Waals surface area contributed by atoms with E-state index in [0.717, 1.165) is 57.8 Å². The van der Waals surface area contributed by atoms with Crippen molar-refractivity contribution in [3.63, 3.8) is 0 Å². The summed E-state index contributed by atoms with van der Waals surface area (Å²) in [6, 6.07) is 61.1. The minimum Gasteiger partial charge on any atom is -0.311 e. The van der Waals surface area contributed by atoms with E-state index in [0.29, 0.717) is 22.3 Å². The molecule has 0 aromatic heterocycles. The number of hydrogen-bond donors (Lipinski definition) is 0. The first-order chi connectivity index (χ1) is 25.7. The highest BCUT2D eigenvalue weighted by atomic mass is 16.1. The zero-order chi connectivity index (χ0) is 35.5. The number of aldehydes is 2. The van der Waals surface area contributed by atoms with E-state index in [1.165, 1.54) is 0 Å². The fourth-order valence-electron chi connectivity index (χ4n) is 6.20. The molecule has 0 aliphatic rings. The number of carbonyl (C=O) groups excluding carboxylic acids is 2. The maximum absolute atomic E-state index is 12.2. The van der Waals surface area contributed by atoms with Gasteiger partial charge in [-0.05, 0) is 107 Å². The molecule has 4 heteroatoms. The molecule has 0 spiro atoms. The molecule has 250 valence electrons. The largest absolute Gasteiger partial charge is 0.311 e. The van der Waals surface area contributed by atoms with Gasteiger partial charge in [0.05, 0.1) is 0 Å². The van der Waals surface area contributed by atoms with Gasteiger partial charge in [-0.25, -0.2) is 0 Å². The number of carbonyl (C=O) groups is 2. The summed E-state index contributed by atoms with van der Waals surface area (Å²) in [4.78, 5) is 28.9. The molecule has 0 N–H and O–H groups in total. The van der Waals surface area contributed by atoms with Crippen molar-refractivity contribution >= 4 is 71.0 Å². The first-order valence-electron chi connectivity index (χ1n) is 17.2. The molecule has 0 radical (unpaired) electrons. The Morgan fingerprint density at radius 1 is 0.288 bits per heavy atom. The Hall–Kier alpha value is -7.04. The van der Waals surface area contributed by atoms with Gasteiger partial charge >= 0.3 is 0 Å². The van der Waals surface area contributed by atoms with E-state index in [2.05, 4.69) is 82.6 Å². The fraction of sp³-hybridized carbons (Fsp3) is 0. The minimum atomic E-state index is 0.508. The predicted octanol–water partition coefficient (Wildman–Crippen LogP) is 12.6. The van der Waals surface area contributed by atoms with E-state index in [1.54, 1.807) is 12.1 Å². The van der Waals surface area contributed by atoms with Crippen LogP contribution in [0.15, 0.2) is 182 Å². The van der Waals surface area contributed by atoms with Gasteiger partial charge in [0.2, 0.25) is 0 Å². The molecule has 7 aromatic rings. The molecular formula is C48H36N2O2. The maximum atomic E-state index is 12.2. The normalized spacial score (nSPS) is 11.1. The summed E-state index contributed by atoms with van der Waals surface area (Å²) in [6.07, 6.45) is 9.36. The molecule has 7 rings (SSSR count). The second kappa shape index (κ2) is 16.1. The molecule has 0 saturated carbocycles. The predicted molar refractivity (Wildman–Crippen MR) is 217 cm³/mol. The SMILES string of the molecule is O=Cc1cc(/C=C/c2ccc(N(c3ccccc3)c3ccccc3)cc2)c(C=O)cc1/C=C/c1ccc(N(c2ccccc2)c2ccccc2)cc1. The van der Waals surface area contributed by atoms with Crippen molar-refractivity contribution in [3.05, 3.63) is 215 Å². The number of nitrogens with zero attached hydrogens (tertiary/aromatic N) is 2. The summed E-state index contributed by atoms with van der Waals surface area (Å²) in [7, 11) is 0. The summed E-state index contributed by atoms with van der Waals surface area (Å²) < 4.78 is 0. The van der Waals surface area contributed by atoms with E-state index >= 15 is 0 Å². The molecule has 0 aliphatic carbocycles. The molecule has 0 fully saturated rings. The minimum absolute atomic E-state index is 0.508. The summed E-state index contributed by atoms with van der Waals surface area (Å²) in [5, 5.41) is 0. The van der Waals surface area contributed by atoms with Crippen LogP contribution >= 0.6 is 0 Å². The molecule has 0 atom stereocenters. The van der Waals surface area contributed by atoms with Crippen LogP contribution in [-0.4, -0.2) is 12.6 Å². The van der Waals surface area contributed by atoms with Crippen LogP contribution in [0.25, 0.3) is 24.3 Å². The van der Waals surface area contributed by atoms with Gasteiger partial charge in [-0.3, -0.25) is 9.59 Å². The number of anilines is 6. The van der Waals surface area contributed by atoms with Crippen LogP contribution in [0.3, 0.4) is 0 Å². The maximum Gasteiger partial charge on any atom is 0.150 e. The van der Waals surface area contributed by atoms with Gasteiger partial charge in [0.25, 0.3) is 0 Å². The molecule has 0 amide bonds.